The predicted molar refractivity (Wildman–Crippen MR) is 76.3 cm³/mol. The molecule has 20 heavy (non-hydrogen) atoms. The third-order valence-corrected chi connectivity index (χ3v) is 3.47. The highest BCUT2D eigenvalue weighted by atomic mass is 16.5. The number of benzene rings is 1. The molecular formula is C15H22N2O3. The fourth-order valence-corrected chi connectivity index (χ4v) is 2.23. The van der Waals surface area contributed by atoms with Crippen molar-refractivity contribution >= 4 is 6.09 Å². The summed E-state index contributed by atoms with van der Waals surface area (Å²) in [5, 5.41) is 12.1. The highest BCUT2D eigenvalue weighted by Crippen LogP contribution is 2.08. The third-order valence-electron chi connectivity index (χ3n) is 3.47. The number of alkyl carbamates (subject to hydrolysis) is 1. The normalized spacial score (nSPS) is 16.9. The Morgan fingerprint density at radius 2 is 2.00 bits per heavy atom. The van der Waals surface area contributed by atoms with Gasteiger partial charge in [0.05, 0.1) is 6.10 Å². The molecule has 0 aromatic heterocycles. The SMILES string of the molecule is O=C(NCCN1CCC(O)CC1)OCc1ccccc1. The van der Waals surface area contributed by atoms with Crippen LogP contribution in [0.25, 0.3) is 0 Å². The van der Waals surface area contributed by atoms with Crippen LogP contribution < -0.4 is 5.32 Å². The monoisotopic (exact) mass is 278 g/mol. The minimum absolute atomic E-state index is 0.157. The van der Waals surface area contributed by atoms with Crippen LogP contribution in [0.3, 0.4) is 0 Å². The first-order valence-electron chi connectivity index (χ1n) is 7.09. The van der Waals surface area contributed by atoms with Gasteiger partial charge >= 0.3 is 6.09 Å². The van der Waals surface area contributed by atoms with Gasteiger partial charge < -0.3 is 20.1 Å². The van der Waals surface area contributed by atoms with Gasteiger partial charge in [0.15, 0.2) is 0 Å². The minimum Gasteiger partial charge on any atom is -0.445 e. The van der Waals surface area contributed by atoms with E-state index in [1.807, 2.05) is 30.3 Å². The predicted octanol–water partition coefficient (Wildman–Crippen LogP) is 1.37. The van der Waals surface area contributed by atoms with Gasteiger partial charge in [0.2, 0.25) is 0 Å². The first-order valence-corrected chi connectivity index (χ1v) is 7.09. The summed E-state index contributed by atoms with van der Waals surface area (Å²) in [7, 11) is 0. The number of ether oxygens (including phenoxy) is 1. The molecule has 110 valence electrons. The molecule has 5 nitrogen and oxygen atoms in total. The number of likely N-dealkylation sites (tertiary alicyclic amines) is 1. The Balaban J connectivity index is 1.56. The van der Waals surface area contributed by atoms with E-state index in [2.05, 4.69) is 10.2 Å². The van der Waals surface area contributed by atoms with Gasteiger partial charge in [-0.25, -0.2) is 4.79 Å². The topological polar surface area (TPSA) is 61.8 Å². The van der Waals surface area contributed by atoms with Crippen molar-refractivity contribution in [1.82, 2.24) is 10.2 Å². The second kappa shape index (κ2) is 7.87. The quantitative estimate of drug-likeness (QED) is 0.854. The molecule has 1 aromatic carbocycles. The number of aliphatic hydroxyl groups is 1. The Labute approximate surface area is 119 Å². The van der Waals surface area contributed by atoms with Gasteiger partial charge in [0, 0.05) is 26.2 Å². The molecule has 1 amide bonds. The maximum atomic E-state index is 11.5. The highest BCUT2D eigenvalue weighted by Gasteiger charge is 2.16. The van der Waals surface area contributed by atoms with Crippen molar-refractivity contribution in [1.29, 1.82) is 0 Å². The van der Waals surface area contributed by atoms with Crippen LogP contribution in [0.2, 0.25) is 0 Å². The Bertz CT molecular complexity index is 403. The molecule has 0 saturated carbocycles. The highest BCUT2D eigenvalue weighted by molar-refractivity contribution is 5.67. The van der Waals surface area contributed by atoms with Gasteiger partial charge in [0.25, 0.3) is 0 Å². The van der Waals surface area contributed by atoms with Crippen LogP contribution in [0.5, 0.6) is 0 Å². The second-order valence-electron chi connectivity index (χ2n) is 5.06. The summed E-state index contributed by atoms with van der Waals surface area (Å²) in [6.45, 7) is 3.45. The Hall–Kier alpha value is -1.59. The first-order chi connectivity index (χ1) is 9.74. The molecule has 1 aliphatic heterocycles. The molecule has 1 fully saturated rings. The lowest BCUT2D eigenvalue weighted by Crippen LogP contribution is -2.40. The van der Waals surface area contributed by atoms with Crippen LogP contribution in [0, 0.1) is 0 Å². The molecule has 0 aliphatic carbocycles. The van der Waals surface area contributed by atoms with Crippen LogP contribution >= 0.6 is 0 Å². The van der Waals surface area contributed by atoms with Crippen LogP contribution in [0.15, 0.2) is 30.3 Å². The van der Waals surface area contributed by atoms with E-state index in [0.29, 0.717) is 13.2 Å². The van der Waals surface area contributed by atoms with E-state index in [-0.39, 0.29) is 12.2 Å². The summed E-state index contributed by atoms with van der Waals surface area (Å²) >= 11 is 0. The fourth-order valence-electron chi connectivity index (χ4n) is 2.23. The lowest BCUT2D eigenvalue weighted by Gasteiger charge is -2.29. The van der Waals surface area contributed by atoms with Crippen molar-refractivity contribution < 1.29 is 14.6 Å². The minimum atomic E-state index is -0.383. The number of hydrogen-bond acceptors (Lipinski definition) is 4. The van der Waals surface area contributed by atoms with Crippen molar-refractivity contribution in [2.24, 2.45) is 0 Å². The maximum absolute atomic E-state index is 11.5. The van der Waals surface area contributed by atoms with Gasteiger partial charge in [-0.3, -0.25) is 0 Å². The van der Waals surface area contributed by atoms with E-state index >= 15 is 0 Å². The molecule has 0 bridgehead atoms. The number of carbonyl (C=O) groups excluding carboxylic acids is 1. The molecule has 5 heteroatoms. The number of rotatable bonds is 5. The van der Waals surface area contributed by atoms with E-state index < -0.39 is 0 Å². The Morgan fingerprint density at radius 1 is 1.30 bits per heavy atom. The van der Waals surface area contributed by atoms with Crippen molar-refractivity contribution in [3.63, 3.8) is 0 Å². The van der Waals surface area contributed by atoms with E-state index in [4.69, 9.17) is 4.74 Å². The van der Waals surface area contributed by atoms with Gasteiger partial charge in [-0.2, -0.15) is 0 Å². The number of aliphatic hydroxyl groups excluding tert-OH is 1. The van der Waals surface area contributed by atoms with Crippen LogP contribution in [0.1, 0.15) is 18.4 Å². The van der Waals surface area contributed by atoms with Gasteiger partial charge in [0.1, 0.15) is 6.61 Å². The zero-order valence-corrected chi connectivity index (χ0v) is 11.6. The largest absolute Gasteiger partial charge is 0.445 e. The van der Waals surface area contributed by atoms with Crippen LogP contribution in [0.4, 0.5) is 4.79 Å². The molecule has 2 N–H and O–H groups in total. The molecule has 0 unspecified atom stereocenters. The molecular weight excluding hydrogens is 256 g/mol. The number of carbonyl (C=O) groups is 1. The summed E-state index contributed by atoms with van der Waals surface area (Å²) in [6.07, 6.45) is 1.10. The first kappa shape index (κ1) is 14.8. The number of amides is 1. The molecule has 2 rings (SSSR count). The zero-order valence-electron chi connectivity index (χ0n) is 11.6. The van der Waals surface area contributed by atoms with Crippen molar-refractivity contribution in [2.75, 3.05) is 26.2 Å². The van der Waals surface area contributed by atoms with E-state index in [1.165, 1.54) is 0 Å². The van der Waals surface area contributed by atoms with E-state index in [0.717, 1.165) is 38.0 Å². The molecule has 1 heterocycles. The number of nitrogens with zero attached hydrogens (tertiary/aromatic N) is 1. The lowest BCUT2D eigenvalue weighted by molar-refractivity contribution is 0.0820. The smallest absolute Gasteiger partial charge is 0.407 e. The molecule has 1 aromatic rings. The molecule has 0 radical (unpaired) electrons. The van der Waals surface area contributed by atoms with Gasteiger partial charge in [-0.15, -0.1) is 0 Å². The van der Waals surface area contributed by atoms with Crippen molar-refractivity contribution in [3.8, 4) is 0 Å². The summed E-state index contributed by atoms with van der Waals surface area (Å²) < 4.78 is 5.13. The lowest BCUT2D eigenvalue weighted by atomic mass is 10.1. The van der Waals surface area contributed by atoms with Crippen molar-refractivity contribution in [3.05, 3.63) is 35.9 Å². The average Bonchev–Trinajstić information content (AvgIpc) is 2.48. The van der Waals surface area contributed by atoms with E-state index in [9.17, 15) is 9.90 Å². The number of nitrogens with one attached hydrogen (secondary N) is 1. The second-order valence-corrected chi connectivity index (χ2v) is 5.06. The van der Waals surface area contributed by atoms with Crippen LogP contribution in [-0.2, 0) is 11.3 Å². The molecule has 0 spiro atoms. The van der Waals surface area contributed by atoms with Gasteiger partial charge in [-0.1, -0.05) is 30.3 Å². The van der Waals surface area contributed by atoms with Gasteiger partial charge in [-0.05, 0) is 18.4 Å². The fraction of sp³-hybridized carbons (Fsp3) is 0.533. The Kier molecular flexibility index (Phi) is 5.83. The zero-order chi connectivity index (χ0) is 14.2. The molecule has 0 atom stereocenters. The standard InChI is InChI=1S/C15H22N2O3/c18-14-6-9-17(10-7-14)11-8-16-15(19)20-12-13-4-2-1-3-5-13/h1-5,14,18H,6-12H2,(H,16,19). The molecule has 1 aliphatic rings. The third kappa shape index (κ3) is 5.19. The van der Waals surface area contributed by atoms with Crippen LogP contribution in [-0.4, -0.2) is 48.4 Å². The average molecular weight is 278 g/mol. The summed E-state index contributed by atoms with van der Waals surface area (Å²) in [5.41, 5.74) is 0.979. The number of hydrogen-bond donors (Lipinski definition) is 2. The van der Waals surface area contributed by atoms with Crippen molar-refractivity contribution in [2.45, 2.75) is 25.6 Å². The maximum Gasteiger partial charge on any atom is 0.407 e. The summed E-state index contributed by atoms with van der Waals surface area (Å²) in [6, 6.07) is 9.61. The summed E-state index contributed by atoms with van der Waals surface area (Å²) in [4.78, 5) is 13.8. The number of piperidine rings is 1. The Morgan fingerprint density at radius 3 is 2.70 bits per heavy atom. The van der Waals surface area contributed by atoms with E-state index in [1.54, 1.807) is 0 Å². The summed E-state index contributed by atoms with van der Waals surface area (Å²) in [5.74, 6) is 0. The molecule has 1 saturated heterocycles.